The van der Waals surface area contributed by atoms with Gasteiger partial charge in [0.25, 0.3) is 0 Å². The lowest BCUT2D eigenvalue weighted by atomic mass is 9.78. The Hall–Kier alpha value is -1.84. The number of benzene rings is 1. The molecule has 3 rings (SSSR count). The van der Waals surface area contributed by atoms with E-state index in [4.69, 9.17) is 0 Å². The van der Waals surface area contributed by atoms with E-state index in [1.54, 1.807) is 24.3 Å². The number of aromatic nitrogens is 2. The molecule has 0 spiro atoms. The molecule has 1 fully saturated rings. The molecule has 0 bridgehead atoms. The Morgan fingerprint density at radius 2 is 1.62 bits per heavy atom. The summed E-state index contributed by atoms with van der Waals surface area (Å²) in [4.78, 5) is 0. The van der Waals surface area contributed by atoms with Crippen molar-refractivity contribution >= 4 is 0 Å². The van der Waals surface area contributed by atoms with Gasteiger partial charge in [0, 0.05) is 5.56 Å². The molecule has 0 unspecified atom stereocenters. The highest BCUT2D eigenvalue weighted by molar-refractivity contribution is 5.60. The quantitative estimate of drug-likeness (QED) is 0.620. The average molecular weight is 358 g/mol. The molecule has 0 N–H and O–H groups in total. The fraction of sp³-hybridized carbons (Fsp3) is 0.545. The maximum atomic E-state index is 14.6. The molecular weight excluding hydrogens is 330 g/mol. The molecule has 0 aliphatic heterocycles. The van der Waals surface area contributed by atoms with Gasteiger partial charge in [-0.25, -0.2) is 8.78 Å². The summed E-state index contributed by atoms with van der Waals surface area (Å²) in [6, 6.07) is 6.86. The predicted octanol–water partition coefficient (Wildman–Crippen LogP) is 6.13. The molecule has 2 aromatic rings. The molecule has 1 aliphatic carbocycles. The first-order valence-electron chi connectivity index (χ1n) is 9.92. The van der Waals surface area contributed by atoms with Crippen LogP contribution in [0.15, 0.2) is 24.3 Å². The van der Waals surface area contributed by atoms with Gasteiger partial charge in [0.05, 0.1) is 11.4 Å². The van der Waals surface area contributed by atoms with Crippen molar-refractivity contribution in [3.05, 3.63) is 47.2 Å². The Bertz CT molecular complexity index is 720. The number of nitrogens with zero attached hydrogens (tertiary/aromatic N) is 2. The summed E-state index contributed by atoms with van der Waals surface area (Å²) in [7, 11) is 0. The van der Waals surface area contributed by atoms with Gasteiger partial charge in [-0.1, -0.05) is 52.0 Å². The third kappa shape index (κ3) is 4.28. The van der Waals surface area contributed by atoms with E-state index < -0.39 is 11.6 Å². The van der Waals surface area contributed by atoms with Crippen LogP contribution in [-0.2, 0) is 12.8 Å². The van der Waals surface area contributed by atoms with E-state index >= 15 is 0 Å². The molecule has 1 aliphatic rings. The summed E-state index contributed by atoms with van der Waals surface area (Å²) in [5.41, 5.74) is 1.87. The first-order valence-corrected chi connectivity index (χ1v) is 9.92. The second kappa shape index (κ2) is 8.70. The van der Waals surface area contributed by atoms with E-state index in [1.807, 2.05) is 6.92 Å². The highest BCUT2D eigenvalue weighted by Gasteiger charge is 2.21. The van der Waals surface area contributed by atoms with E-state index in [2.05, 4.69) is 17.1 Å². The molecule has 0 atom stereocenters. The fourth-order valence-electron chi connectivity index (χ4n) is 3.96. The van der Waals surface area contributed by atoms with Crippen LogP contribution in [0.5, 0.6) is 0 Å². The van der Waals surface area contributed by atoms with Crippen LogP contribution in [-0.4, -0.2) is 10.2 Å². The predicted molar refractivity (Wildman–Crippen MR) is 101 cm³/mol. The monoisotopic (exact) mass is 358 g/mol. The van der Waals surface area contributed by atoms with Crippen LogP contribution in [0, 0.1) is 23.5 Å². The lowest BCUT2D eigenvalue weighted by Crippen LogP contribution is -2.14. The Morgan fingerprint density at radius 3 is 2.23 bits per heavy atom. The standard InChI is InChI=1S/C22H28F2N2/c1-3-15-5-7-16(8-6-15)9-10-17-11-13-19(22(24)21(17)23)20-14-12-18(4-2)25-26-20/h11-16H,3-10H2,1-2H3/t15-,16-. The Labute approximate surface area is 155 Å². The number of hydrogen-bond donors (Lipinski definition) is 0. The number of aryl methyl sites for hydroxylation is 2. The van der Waals surface area contributed by atoms with Gasteiger partial charge < -0.3 is 0 Å². The molecule has 0 saturated heterocycles. The van der Waals surface area contributed by atoms with Crippen LogP contribution in [0.25, 0.3) is 11.3 Å². The topological polar surface area (TPSA) is 25.8 Å². The first kappa shape index (κ1) is 18.9. The van der Waals surface area contributed by atoms with Crippen molar-refractivity contribution in [3.8, 4) is 11.3 Å². The van der Waals surface area contributed by atoms with Gasteiger partial charge in [-0.05, 0) is 54.9 Å². The third-order valence-electron chi connectivity index (χ3n) is 5.89. The maximum absolute atomic E-state index is 14.6. The number of halogens is 2. The Balaban J connectivity index is 1.67. The zero-order valence-corrected chi connectivity index (χ0v) is 15.8. The third-order valence-corrected chi connectivity index (χ3v) is 5.89. The second-order valence-electron chi connectivity index (χ2n) is 7.50. The van der Waals surface area contributed by atoms with Crippen molar-refractivity contribution in [1.82, 2.24) is 10.2 Å². The minimum Gasteiger partial charge on any atom is -0.203 e. The summed E-state index contributed by atoms with van der Waals surface area (Å²) in [5.74, 6) is -0.0332. The minimum atomic E-state index is -0.810. The molecule has 1 heterocycles. The smallest absolute Gasteiger partial charge is 0.168 e. The van der Waals surface area contributed by atoms with Crippen LogP contribution < -0.4 is 0 Å². The molecule has 1 aromatic carbocycles. The number of hydrogen-bond acceptors (Lipinski definition) is 2. The van der Waals surface area contributed by atoms with Crippen molar-refractivity contribution in [3.63, 3.8) is 0 Å². The van der Waals surface area contributed by atoms with Crippen molar-refractivity contribution in [2.45, 2.75) is 65.2 Å². The molecule has 140 valence electrons. The molecular formula is C22H28F2N2. The van der Waals surface area contributed by atoms with Crippen LogP contribution in [0.4, 0.5) is 8.78 Å². The van der Waals surface area contributed by atoms with Gasteiger partial charge in [0.1, 0.15) is 0 Å². The number of rotatable bonds is 6. The molecule has 2 nitrogen and oxygen atoms in total. The lowest BCUT2D eigenvalue weighted by molar-refractivity contribution is 0.258. The van der Waals surface area contributed by atoms with Crippen LogP contribution in [0.3, 0.4) is 0 Å². The highest BCUT2D eigenvalue weighted by Crippen LogP contribution is 2.34. The van der Waals surface area contributed by atoms with Gasteiger partial charge in [0.2, 0.25) is 0 Å². The Morgan fingerprint density at radius 1 is 0.885 bits per heavy atom. The largest absolute Gasteiger partial charge is 0.203 e. The highest BCUT2D eigenvalue weighted by atomic mass is 19.2. The molecule has 0 radical (unpaired) electrons. The zero-order chi connectivity index (χ0) is 18.5. The summed E-state index contributed by atoms with van der Waals surface area (Å²) in [6.45, 7) is 4.23. The van der Waals surface area contributed by atoms with Crippen molar-refractivity contribution in [2.75, 3.05) is 0 Å². The van der Waals surface area contributed by atoms with Gasteiger partial charge in [0.15, 0.2) is 11.6 Å². The molecule has 26 heavy (non-hydrogen) atoms. The van der Waals surface area contributed by atoms with Gasteiger partial charge in [-0.2, -0.15) is 10.2 Å². The zero-order valence-electron chi connectivity index (χ0n) is 15.8. The van der Waals surface area contributed by atoms with Crippen LogP contribution in [0.2, 0.25) is 0 Å². The van der Waals surface area contributed by atoms with Gasteiger partial charge in [-0.3, -0.25) is 0 Å². The van der Waals surface area contributed by atoms with E-state index in [0.717, 1.165) is 24.5 Å². The summed E-state index contributed by atoms with van der Waals surface area (Å²) >= 11 is 0. The summed E-state index contributed by atoms with van der Waals surface area (Å²) < 4.78 is 29.1. The molecule has 1 aromatic heterocycles. The van der Waals surface area contributed by atoms with Gasteiger partial charge in [-0.15, -0.1) is 0 Å². The normalized spacial score (nSPS) is 20.3. The maximum Gasteiger partial charge on any atom is 0.168 e. The van der Waals surface area contributed by atoms with E-state index in [0.29, 0.717) is 23.6 Å². The van der Waals surface area contributed by atoms with Crippen LogP contribution >= 0.6 is 0 Å². The average Bonchev–Trinajstić information content (AvgIpc) is 2.69. The molecule has 4 heteroatoms. The lowest BCUT2D eigenvalue weighted by Gasteiger charge is -2.27. The van der Waals surface area contributed by atoms with Crippen LogP contribution in [0.1, 0.15) is 63.6 Å². The van der Waals surface area contributed by atoms with Crippen molar-refractivity contribution in [2.24, 2.45) is 11.8 Å². The SMILES string of the molecule is CCc1ccc(-c2ccc(CC[C@H]3CC[C@H](CC)CC3)c(F)c2F)nn1. The molecule has 1 saturated carbocycles. The molecule has 0 amide bonds. The van der Waals surface area contributed by atoms with E-state index in [-0.39, 0.29) is 5.56 Å². The summed E-state index contributed by atoms with van der Waals surface area (Å²) in [6.07, 6.45) is 8.58. The fourth-order valence-corrected chi connectivity index (χ4v) is 3.96. The van der Waals surface area contributed by atoms with E-state index in [9.17, 15) is 8.78 Å². The Kier molecular flexibility index (Phi) is 6.33. The van der Waals surface area contributed by atoms with Gasteiger partial charge >= 0.3 is 0 Å². The first-order chi connectivity index (χ1) is 12.6. The van der Waals surface area contributed by atoms with E-state index in [1.165, 1.54) is 32.1 Å². The summed E-state index contributed by atoms with van der Waals surface area (Å²) in [5, 5.41) is 8.07. The van der Waals surface area contributed by atoms with Crippen molar-refractivity contribution < 1.29 is 8.78 Å². The minimum absolute atomic E-state index is 0.185. The van der Waals surface area contributed by atoms with Crippen molar-refractivity contribution in [1.29, 1.82) is 0 Å². The second-order valence-corrected chi connectivity index (χ2v) is 7.50.